The van der Waals surface area contributed by atoms with Gasteiger partial charge < -0.3 is 15.1 Å². The van der Waals surface area contributed by atoms with Crippen molar-refractivity contribution in [2.75, 3.05) is 6.54 Å². The van der Waals surface area contributed by atoms with Crippen LogP contribution in [0.5, 0.6) is 11.5 Å². The van der Waals surface area contributed by atoms with E-state index in [9.17, 15) is 15.0 Å². The highest BCUT2D eigenvalue weighted by Crippen LogP contribution is 2.32. The van der Waals surface area contributed by atoms with E-state index < -0.39 is 0 Å². The standard InChI is InChI=1S/C22H19NO3/c24-20-12-17-9-10-23(14-19(17)13-21(20)25)22(26)18-8-4-7-16(11-18)15-5-2-1-3-6-15/h1-8,11-13,24-25H,9-10,14H2. The monoisotopic (exact) mass is 345 g/mol. The molecule has 0 radical (unpaired) electrons. The van der Waals surface area contributed by atoms with Crippen molar-refractivity contribution in [2.24, 2.45) is 0 Å². The first-order valence-electron chi connectivity index (χ1n) is 8.60. The van der Waals surface area contributed by atoms with E-state index in [1.165, 1.54) is 0 Å². The summed E-state index contributed by atoms with van der Waals surface area (Å²) in [6.45, 7) is 1.02. The number of aromatic hydroxyl groups is 2. The van der Waals surface area contributed by atoms with Crippen molar-refractivity contribution >= 4 is 5.91 Å². The molecular weight excluding hydrogens is 326 g/mol. The van der Waals surface area contributed by atoms with Crippen molar-refractivity contribution in [3.05, 3.63) is 83.4 Å². The second kappa shape index (κ2) is 6.56. The minimum absolute atomic E-state index is 0.0269. The van der Waals surface area contributed by atoms with Gasteiger partial charge in [-0.3, -0.25) is 4.79 Å². The lowest BCUT2D eigenvalue weighted by molar-refractivity contribution is 0.0734. The van der Waals surface area contributed by atoms with Crippen LogP contribution in [0.3, 0.4) is 0 Å². The molecule has 2 N–H and O–H groups in total. The molecule has 1 heterocycles. The van der Waals surface area contributed by atoms with E-state index in [0.717, 1.165) is 22.3 Å². The van der Waals surface area contributed by atoms with E-state index >= 15 is 0 Å². The molecule has 130 valence electrons. The highest BCUT2D eigenvalue weighted by molar-refractivity contribution is 5.95. The van der Waals surface area contributed by atoms with Crippen molar-refractivity contribution in [3.8, 4) is 22.6 Å². The smallest absolute Gasteiger partial charge is 0.254 e. The zero-order valence-corrected chi connectivity index (χ0v) is 14.2. The predicted molar refractivity (Wildman–Crippen MR) is 100 cm³/mol. The molecule has 1 aliphatic heterocycles. The maximum Gasteiger partial charge on any atom is 0.254 e. The minimum atomic E-state index is -0.149. The van der Waals surface area contributed by atoms with Gasteiger partial charge >= 0.3 is 0 Å². The van der Waals surface area contributed by atoms with Gasteiger partial charge in [0.2, 0.25) is 0 Å². The molecule has 0 spiro atoms. The number of rotatable bonds is 2. The molecule has 1 amide bonds. The lowest BCUT2D eigenvalue weighted by Gasteiger charge is -2.29. The van der Waals surface area contributed by atoms with Crippen LogP contribution in [0.1, 0.15) is 21.5 Å². The van der Waals surface area contributed by atoms with Crippen LogP contribution < -0.4 is 0 Å². The third-order valence-corrected chi connectivity index (χ3v) is 4.81. The van der Waals surface area contributed by atoms with Gasteiger partial charge in [-0.15, -0.1) is 0 Å². The molecule has 0 saturated carbocycles. The molecule has 0 unspecified atom stereocenters. The van der Waals surface area contributed by atoms with Gasteiger partial charge in [0, 0.05) is 18.7 Å². The summed E-state index contributed by atoms with van der Waals surface area (Å²) in [5, 5.41) is 19.4. The summed E-state index contributed by atoms with van der Waals surface area (Å²) >= 11 is 0. The van der Waals surface area contributed by atoms with Crippen LogP contribution in [0.4, 0.5) is 0 Å². The van der Waals surface area contributed by atoms with Gasteiger partial charge in [0.15, 0.2) is 11.5 Å². The molecule has 3 aromatic carbocycles. The molecule has 0 fully saturated rings. The molecule has 0 aromatic heterocycles. The van der Waals surface area contributed by atoms with Crippen molar-refractivity contribution in [1.82, 2.24) is 4.90 Å². The molecule has 4 nitrogen and oxygen atoms in total. The molecule has 0 atom stereocenters. The van der Waals surface area contributed by atoms with Crippen LogP contribution in [0.2, 0.25) is 0 Å². The normalized spacial score (nSPS) is 13.3. The summed E-state index contributed by atoms with van der Waals surface area (Å²) < 4.78 is 0. The minimum Gasteiger partial charge on any atom is -0.504 e. The maximum atomic E-state index is 13.0. The van der Waals surface area contributed by atoms with Gasteiger partial charge in [0.1, 0.15) is 0 Å². The number of hydrogen-bond donors (Lipinski definition) is 2. The van der Waals surface area contributed by atoms with Gasteiger partial charge in [-0.05, 0) is 52.9 Å². The Hall–Kier alpha value is -3.27. The maximum absolute atomic E-state index is 13.0. The second-order valence-corrected chi connectivity index (χ2v) is 6.53. The Labute approximate surface area is 152 Å². The number of phenols is 2. The number of carbonyl (C=O) groups is 1. The lowest BCUT2D eigenvalue weighted by Crippen LogP contribution is -2.35. The Bertz CT molecular complexity index is 966. The number of hydrogen-bond acceptors (Lipinski definition) is 3. The number of benzene rings is 3. The van der Waals surface area contributed by atoms with Gasteiger partial charge in [-0.1, -0.05) is 42.5 Å². The van der Waals surface area contributed by atoms with E-state index in [2.05, 4.69) is 0 Å². The number of carbonyl (C=O) groups excluding carboxylic acids is 1. The topological polar surface area (TPSA) is 60.8 Å². The van der Waals surface area contributed by atoms with Gasteiger partial charge in [-0.2, -0.15) is 0 Å². The Balaban J connectivity index is 1.60. The highest BCUT2D eigenvalue weighted by atomic mass is 16.3. The molecule has 4 rings (SSSR count). The van der Waals surface area contributed by atoms with Crippen molar-refractivity contribution in [2.45, 2.75) is 13.0 Å². The third kappa shape index (κ3) is 3.02. The number of fused-ring (bicyclic) bond motifs is 1. The quantitative estimate of drug-likeness (QED) is 0.691. The van der Waals surface area contributed by atoms with Crippen molar-refractivity contribution < 1.29 is 15.0 Å². The lowest BCUT2D eigenvalue weighted by atomic mass is 9.97. The van der Waals surface area contributed by atoms with Crippen LogP contribution in [0.15, 0.2) is 66.7 Å². The first-order chi connectivity index (χ1) is 12.6. The van der Waals surface area contributed by atoms with Crippen LogP contribution in [0.25, 0.3) is 11.1 Å². The van der Waals surface area contributed by atoms with Crippen LogP contribution in [0, 0.1) is 0 Å². The van der Waals surface area contributed by atoms with Crippen LogP contribution in [-0.4, -0.2) is 27.6 Å². The Morgan fingerprint density at radius 2 is 1.50 bits per heavy atom. The van der Waals surface area contributed by atoms with Crippen LogP contribution >= 0.6 is 0 Å². The first-order valence-corrected chi connectivity index (χ1v) is 8.60. The molecule has 0 saturated heterocycles. The summed E-state index contributed by atoms with van der Waals surface area (Å²) in [6, 6.07) is 20.8. The van der Waals surface area contributed by atoms with Gasteiger partial charge in [0.05, 0.1) is 0 Å². The molecule has 26 heavy (non-hydrogen) atoms. The van der Waals surface area contributed by atoms with Crippen molar-refractivity contribution in [3.63, 3.8) is 0 Å². The number of amides is 1. The summed E-state index contributed by atoms with van der Waals surface area (Å²) in [5.41, 5.74) is 4.59. The average Bonchev–Trinajstić information content (AvgIpc) is 2.69. The SMILES string of the molecule is O=C(c1cccc(-c2ccccc2)c1)N1CCc2cc(O)c(O)cc2C1. The Morgan fingerprint density at radius 3 is 2.27 bits per heavy atom. The van der Waals surface area contributed by atoms with E-state index in [0.29, 0.717) is 25.1 Å². The molecular formula is C22H19NO3. The fourth-order valence-electron chi connectivity index (χ4n) is 3.40. The molecule has 1 aliphatic rings. The van der Waals surface area contributed by atoms with Gasteiger partial charge in [0.25, 0.3) is 5.91 Å². The van der Waals surface area contributed by atoms with Crippen LogP contribution in [-0.2, 0) is 13.0 Å². The summed E-state index contributed by atoms with van der Waals surface area (Å²) in [4.78, 5) is 14.7. The zero-order valence-electron chi connectivity index (χ0n) is 14.2. The summed E-state index contributed by atoms with van der Waals surface area (Å²) in [6.07, 6.45) is 0.660. The average molecular weight is 345 g/mol. The predicted octanol–water partition coefficient (Wildman–Crippen LogP) is 3.96. The van der Waals surface area contributed by atoms with E-state index in [1.54, 1.807) is 17.0 Å². The summed E-state index contributed by atoms with van der Waals surface area (Å²) in [7, 11) is 0. The Morgan fingerprint density at radius 1 is 0.808 bits per heavy atom. The summed E-state index contributed by atoms with van der Waals surface area (Å²) in [5.74, 6) is -0.288. The highest BCUT2D eigenvalue weighted by Gasteiger charge is 2.23. The van der Waals surface area contributed by atoms with E-state index in [1.807, 2.05) is 54.6 Å². The first kappa shape index (κ1) is 16.2. The number of phenolic OH excluding ortho intramolecular Hbond substituents is 2. The van der Waals surface area contributed by atoms with E-state index in [-0.39, 0.29) is 17.4 Å². The molecule has 3 aromatic rings. The fraction of sp³-hybridized carbons (Fsp3) is 0.136. The second-order valence-electron chi connectivity index (χ2n) is 6.53. The van der Waals surface area contributed by atoms with Gasteiger partial charge in [-0.25, -0.2) is 0 Å². The molecule has 4 heteroatoms. The number of nitrogens with zero attached hydrogens (tertiary/aromatic N) is 1. The fourth-order valence-corrected chi connectivity index (χ4v) is 3.40. The van der Waals surface area contributed by atoms with E-state index in [4.69, 9.17) is 0 Å². The molecule has 0 bridgehead atoms. The third-order valence-electron chi connectivity index (χ3n) is 4.81. The largest absolute Gasteiger partial charge is 0.504 e. The zero-order chi connectivity index (χ0) is 18.1. The molecule has 0 aliphatic carbocycles. The Kier molecular flexibility index (Phi) is 4.09. The van der Waals surface area contributed by atoms with Crippen molar-refractivity contribution in [1.29, 1.82) is 0 Å².